The Morgan fingerprint density at radius 2 is 1.96 bits per heavy atom. The number of nitrogens with one attached hydrogen (secondary N) is 3. The van der Waals surface area contributed by atoms with E-state index in [1.807, 2.05) is 20.9 Å². The van der Waals surface area contributed by atoms with Crippen LogP contribution < -0.4 is 16.0 Å². The van der Waals surface area contributed by atoms with Gasteiger partial charge in [0, 0.05) is 49.0 Å². The quantitative estimate of drug-likeness (QED) is 0.527. The van der Waals surface area contributed by atoms with Crippen LogP contribution in [0.4, 0.5) is 0 Å². The molecule has 6 nitrogen and oxygen atoms in total. The fraction of sp³-hybridized carbons (Fsp3) is 0.900. The summed E-state index contributed by atoms with van der Waals surface area (Å²) in [5.41, 5.74) is 0.130. The van der Waals surface area contributed by atoms with E-state index in [0.29, 0.717) is 24.1 Å². The van der Waals surface area contributed by atoms with Crippen molar-refractivity contribution in [3.05, 3.63) is 0 Å². The lowest BCUT2D eigenvalue weighted by molar-refractivity contribution is -0.126. The van der Waals surface area contributed by atoms with Gasteiger partial charge >= 0.3 is 0 Å². The summed E-state index contributed by atoms with van der Waals surface area (Å²) in [5.74, 6) is 1.75. The predicted octanol–water partition coefficient (Wildman–Crippen LogP) is 2.05. The fourth-order valence-electron chi connectivity index (χ4n) is 5.09. The van der Waals surface area contributed by atoms with Crippen LogP contribution in [0.15, 0.2) is 4.99 Å². The number of carbonyl (C=O) groups excluding carboxylic acids is 1. The molecule has 2 saturated carbocycles. The molecule has 148 valence electrons. The summed E-state index contributed by atoms with van der Waals surface area (Å²) in [6.07, 6.45) is 5.54. The van der Waals surface area contributed by atoms with Gasteiger partial charge in [0.15, 0.2) is 5.96 Å². The van der Waals surface area contributed by atoms with E-state index in [0.717, 1.165) is 44.7 Å². The number of nitrogens with zero attached hydrogens (tertiary/aromatic N) is 1. The molecule has 0 aromatic heterocycles. The van der Waals surface area contributed by atoms with Crippen LogP contribution in [0.1, 0.15) is 59.8 Å². The van der Waals surface area contributed by atoms with Crippen molar-refractivity contribution in [3.63, 3.8) is 0 Å². The van der Waals surface area contributed by atoms with Gasteiger partial charge in [-0.1, -0.05) is 20.3 Å². The van der Waals surface area contributed by atoms with E-state index in [2.05, 4.69) is 34.8 Å². The molecule has 1 amide bonds. The molecule has 1 aliphatic heterocycles. The van der Waals surface area contributed by atoms with Crippen LogP contribution in [0.2, 0.25) is 0 Å². The average Bonchev–Trinajstić information content (AvgIpc) is 3.05. The SMILES string of the molecule is CN=C(NC1CCCC(C(=O)NC(C)C)C1)NC1C2CCOC2C1(C)C. The molecule has 0 aromatic carbocycles. The van der Waals surface area contributed by atoms with Crippen molar-refractivity contribution in [2.75, 3.05) is 13.7 Å². The molecule has 3 aliphatic rings. The van der Waals surface area contributed by atoms with Gasteiger partial charge in [0.1, 0.15) is 0 Å². The van der Waals surface area contributed by atoms with Crippen LogP contribution in [0.5, 0.6) is 0 Å². The minimum atomic E-state index is 0.106. The molecule has 0 spiro atoms. The molecular weight excluding hydrogens is 328 g/mol. The highest BCUT2D eigenvalue weighted by Gasteiger charge is 2.59. The van der Waals surface area contributed by atoms with Crippen molar-refractivity contribution >= 4 is 11.9 Å². The van der Waals surface area contributed by atoms with E-state index in [1.165, 1.54) is 0 Å². The molecule has 0 bridgehead atoms. The summed E-state index contributed by atoms with van der Waals surface area (Å²) < 4.78 is 5.89. The molecule has 3 N–H and O–H groups in total. The van der Waals surface area contributed by atoms with Crippen LogP contribution in [0.25, 0.3) is 0 Å². The predicted molar refractivity (Wildman–Crippen MR) is 104 cm³/mol. The largest absolute Gasteiger partial charge is 0.377 e. The van der Waals surface area contributed by atoms with E-state index in [1.54, 1.807) is 0 Å². The third-order valence-electron chi connectivity index (χ3n) is 6.43. The second-order valence-corrected chi connectivity index (χ2v) is 9.13. The average molecular weight is 365 g/mol. The van der Waals surface area contributed by atoms with Gasteiger partial charge in [0.2, 0.25) is 5.91 Å². The fourth-order valence-corrected chi connectivity index (χ4v) is 5.09. The molecule has 6 heteroatoms. The van der Waals surface area contributed by atoms with Gasteiger partial charge in [0.25, 0.3) is 0 Å². The van der Waals surface area contributed by atoms with E-state index < -0.39 is 0 Å². The molecule has 1 heterocycles. The van der Waals surface area contributed by atoms with Gasteiger partial charge in [-0.15, -0.1) is 0 Å². The highest BCUT2D eigenvalue weighted by Crippen LogP contribution is 2.52. The third kappa shape index (κ3) is 3.85. The standard InChI is InChI=1S/C20H36N4O2/c1-12(2)22-18(25)13-7-6-8-14(11-13)23-19(21-5)24-16-15-9-10-26-17(15)20(16,3)4/h12-17H,6-11H2,1-5H3,(H,22,25)(H2,21,23,24). The van der Waals surface area contributed by atoms with Crippen molar-refractivity contribution < 1.29 is 9.53 Å². The van der Waals surface area contributed by atoms with E-state index in [-0.39, 0.29) is 23.3 Å². The van der Waals surface area contributed by atoms with Gasteiger partial charge in [-0.25, -0.2) is 0 Å². The Kier molecular flexibility index (Phi) is 5.80. The Bertz CT molecular complexity index is 546. The smallest absolute Gasteiger partial charge is 0.223 e. The Hall–Kier alpha value is -1.30. The number of amides is 1. The van der Waals surface area contributed by atoms with Crippen LogP contribution in [-0.2, 0) is 9.53 Å². The second kappa shape index (κ2) is 7.75. The summed E-state index contributed by atoms with van der Waals surface area (Å²) >= 11 is 0. The van der Waals surface area contributed by atoms with Gasteiger partial charge in [-0.2, -0.15) is 0 Å². The van der Waals surface area contributed by atoms with Gasteiger partial charge in [-0.3, -0.25) is 9.79 Å². The Morgan fingerprint density at radius 1 is 1.19 bits per heavy atom. The number of ether oxygens (including phenoxy) is 1. The lowest BCUT2D eigenvalue weighted by Crippen LogP contribution is -2.68. The normalized spacial score (nSPS) is 36.2. The molecule has 0 aromatic rings. The highest BCUT2D eigenvalue weighted by molar-refractivity contribution is 5.81. The molecule has 26 heavy (non-hydrogen) atoms. The molecule has 3 fully saturated rings. The Morgan fingerprint density at radius 3 is 2.65 bits per heavy atom. The Labute approximate surface area is 157 Å². The number of hydrogen-bond acceptors (Lipinski definition) is 3. The molecule has 3 rings (SSSR count). The van der Waals surface area contributed by atoms with Gasteiger partial charge in [0.05, 0.1) is 6.10 Å². The molecule has 1 saturated heterocycles. The molecule has 5 atom stereocenters. The first kappa shape index (κ1) is 19.5. The zero-order chi connectivity index (χ0) is 18.9. The summed E-state index contributed by atoms with van der Waals surface area (Å²) in [6, 6.07) is 0.897. The van der Waals surface area contributed by atoms with Crippen molar-refractivity contribution in [2.45, 2.75) is 84.0 Å². The van der Waals surface area contributed by atoms with Crippen molar-refractivity contribution in [1.82, 2.24) is 16.0 Å². The maximum atomic E-state index is 12.4. The third-order valence-corrected chi connectivity index (χ3v) is 6.43. The minimum Gasteiger partial charge on any atom is -0.377 e. The van der Waals surface area contributed by atoms with Crippen LogP contribution in [-0.4, -0.2) is 49.8 Å². The van der Waals surface area contributed by atoms with Crippen LogP contribution in [0, 0.1) is 17.3 Å². The summed E-state index contributed by atoms with van der Waals surface area (Å²) in [4.78, 5) is 16.8. The van der Waals surface area contributed by atoms with E-state index >= 15 is 0 Å². The van der Waals surface area contributed by atoms with Crippen LogP contribution in [0.3, 0.4) is 0 Å². The summed E-state index contributed by atoms with van der Waals surface area (Å²) in [5, 5.41) is 10.3. The van der Waals surface area contributed by atoms with Crippen molar-refractivity contribution in [3.8, 4) is 0 Å². The maximum absolute atomic E-state index is 12.4. The topological polar surface area (TPSA) is 74.8 Å². The first-order chi connectivity index (χ1) is 12.3. The zero-order valence-corrected chi connectivity index (χ0v) is 17.0. The summed E-state index contributed by atoms with van der Waals surface area (Å²) in [6.45, 7) is 9.46. The first-order valence-electron chi connectivity index (χ1n) is 10.2. The van der Waals surface area contributed by atoms with Gasteiger partial charge < -0.3 is 20.7 Å². The van der Waals surface area contributed by atoms with Crippen LogP contribution >= 0.6 is 0 Å². The minimum absolute atomic E-state index is 0.106. The number of rotatable bonds is 4. The highest BCUT2D eigenvalue weighted by atomic mass is 16.5. The zero-order valence-electron chi connectivity index (χ0n) is 17.0. The molecule has 0 radical (unpaired) electrons. The second-order valence-electron chi connectivity index (χ2n) is 9.13. The first-order valence-corrected chi connectivity index (χ1v) is 10.2. The van der Waals surface area contributed by atoms with Crippen molar-refractivity contribution in [2.24, 2.45) is 22.2 Å². The Balaban J connectivity index is 1.54. The molecule has 5 unspecified atom stereocenters. The lowest BCUT2D eigenvalue weighted by atomic mass is 9.57. The number of hydrogen-bond donors (Lipinski definition) is 3. The monoisotopic (exact) mass is 364 g/mol. The maximum Gasteiger partial charge on any atom is 0.223 e. The molecule has 2 aliphatic carbocycles. The number of aliphatic imine (C=N–C) groups is 1. The van der Waals surface area contributed by atoms with Gasteiger partial charge in [-0.05, 0) is 39.5 Å². The summed E-state index contributed by atoms with van der Waals surface area (Å²) in [7, 11) is 1.83. The lowest BCUT2D eigenvalue weighted by Gasteiger charge is -2.55. The molecular formula is C20H36N4O2. The number of guanidine groups is 1. The number of carbonyl (C=O) groups is 1. The van der Waals surface area contributed by atoms with E-state index in [4.69, 9.17) is 4.74 Å². The van der Waals surface area contributed by atoms with E-state index in [9.17, 15) is 4.79 Å². The number of fused-ring (bicyclic) bond motifs is 1. The van der Waals surface area contributed by atoms with Crippen molar-refractivity contribution in [1.29, 1.82) is 0 Å².